The van der Waals surface area contributed by atoms with Gasteiger partial charge >= 0.3 is 12.1 Å². The summed E-state index contributed by atoms with van der Waals surface area (Å²) < 4.78 is 5.39. The van der Waals surface area contributed by atoms with Gasteiger partial charge in [-0.3, -0.25) is 4.90 Å². The van der Waals surface area contributed by atoms with E-state index in [0.717, 1.165) is 12.0 Å². The molecule has 0 atom stereocenters. The Hall–Kier alpha value is -2.82. The highest BCUT2D eigenvalue weighted by Gasteiger charge is 2.28. The molecule has 1 aliphatic rings. The summed E-state index contributed by atoms with van der Waals surface area (Å²) in [5.41, 5.74) is 3.28. The van der Waals surface area contributed by atoms with Gasteiger partial charge in [-0.25, -0.2) is 9.59 Å². The zero-order chi connectivity index (χ0) is 17.1. The standard InChI is InChI=1S/C19H19NO4/c1-13-9-10-16-15(17(13)18(21)22)8-5-11-20(16)19(23)24-12-14-6-3-2-4-7-14/h2-4,6-7,9-10H,5,8,11-12H2,1H3,(H,21,22). The van der Waals surface area contributed by atoms with Crippen LogP contribution in [0.3, 0.4) is 0 Å². The van der Waals surface area contributed by atoms with Crippen LogP contribution >= 0.6 is 0 Å². The van der Waals surface area contributed by atoms with Gasteiger partial charge in [0.25, 0.3) is 0 Å². The first-order valence-corrected chi connectivity index (χ1v) is 7.92. The molecule has 0 aliphatic carbocycles. The zero-order valence-electron chi connectivity index (χ0n) is 13.5. The molecule has 2 aromatic carbocycles. The molecule has 1 N–H and O–H groups in total. The van der Waals surface area contributed by atoms with Crippen molar-refractivity contribution >= 4 is 17.7 Å². The summed E-state index contributed by atoms with van der Waals surface area (Å²) in [7, 11) is 0. The van der Waals surface area contributed by atoms with Gasteiger partial charge in [0.2, 0.25) is 0 Å². The van der Waals surface area contributed by atoms with Crippen molar-refractivity contribution in [3.8, 4) is 0 Å². The molecular formula is C19H19NO4. The molecule has 0 saturated carbocycles. The average molecular weight is 325 g/mol. The lowest BCUT2D eigenvalue weighted by Gasteiger charge is -2.30. The van der Waals surface area contributed by atoms with Crippen LogP contribution in [-0.4, -0.2) is 23.7 Å². The van der Waals surface area contributed by atoms with Crippen molar-refractivity contribution < 1.29 is 19.4 Å². The van der Waals surface area contributed by atoms with Gasteiger partial charge in [0.1, 0.15) is 6.61 Å². The lowest BCUT2D eigenvalue weighted by Crippen LogP contribution is -2.36. The van der Waals surface area contributed by atoms with Gasteiger partial charge in [0.05, 0.1) is 11.3 Å². The fourth-order valence-corrected chi connectivity index (χ4v) is 3.08. The number of aromatic carboxylic acids is 1. The average Bonchev–Trinajstić information content (AvgIpc) is 2.59. The third kappa shape index (κ3) is 3.11. The Morgan fingerprint density at radius 3 is 2.62 bits per heavy atom. The number of carbonyl (C=O) groups excluding carboxylic acids is 1. The molecule has 0 unspecified atom stereocenters. The number of nitrogens with zero attached hydrogens (tertiary/aromatic N) is 1. The van der Waals surface area contributed by atoms with E-state index < -0.39 is 12.1 Å². The Kier molecular flexibility index (Phi) is 4.51. The number of carboxylic acid groups (broad SMARTS) is 1. The monoisotopic (exact) mass is 325 g/mol. The summed E-state index contributed by atoms with van der Waals surface area (Å²) in [5, 5.41) is 9.46. The van der Waals surface area contributed by atoms with E-state index in [2.05, 4.69) is 0 Å². The Morgan fingerprint density at radius 2 is 1.92 bits per heavy atom. The Balaban J connectivity index is 1.83. The molecule has 24 heavy (non-hydrogen) atoms. The number of hydrogen-bond donors (Lipinski definition) is 1. The van der Waals surface area contributed by atoms with Crippen molar-refractivity contribution in [1.82, 2.24) is 0 Å². The van der Waals surface area contributed by atoms with E-state index in [1.54, 1.807) is 19.1 Å². The molecule has 1 aliphatic heterocycles. The van der Waals surface area contributed by atoms with Crippen LogP contribution in [0.2, 0.25) is 0 Å². The molecule has 0 aromatic heterocycles. The second-order valence-corrected chi connectivity index (χ2v) is 5.86. The van der Waals surface area contributed by atoms with Crippen LogP contribution in [0.5, 0.6) is 0 Å². The minimum absolute atomic E-state index is 0.198. The number of amides is 1. The first-order chi connectivity index (χ1) is 11.6. The van der Waals surface area contributed by atoms with Gasteiger partial charge in [0, 0.05) is 6.54 Å². The van der Waals surface area contributed by atoms with Crippen molar-refractivity contribution in [3.05, 3.63) is 64.7 Å². The van der Waals surface area contributed by atoms with E-state index in [9.17, 15) is 14.7 Å². The van der Waals surface area contributed by atoms with Crippen molar-refractivity contribution in [3.63, 3.8) is 0 Å². The van der Waals surface area contributed by atoms with Crippen molar-refractivity contribution in [1.29, 1.82) is 0 Å². The second kappa shape index (κ2) is 6.74. The quantitative estimate of drug-likeness (QED) is 0.932. The maximum absolute atomic E-state index is 12.5. The molecule has 0 fully saturated rings. The number of carbonyl (C=O) groups is 2. The van der Waals surface area contributed by atoms with Crippen LogP contribution in [0, 0.1) is 6.92 Å². The third-order valence-electron chi connectivity index (χ3n) is 4.24. The molecule has 124 valence electrons. The molecule has 5 heteroatoms. The first kappa shape index (κ1) is 16.1. The number of aryl methyl sites for hydroxylation is 1. The van der Waals surface area contributed by atoms with E-state index in [1.165, 1.54) is 4.90 Å². The first-order valence-electron chi connectivity index (χ1n) is 7.92. The topological polar surface area (TPSA) is 66.8 Å². The molecule has 5 nitrogen and oxygen atoms in total. The normalized spacial score (nSPS) is 13.3. The van der Waals surface area contributed by atoms with Gasteiger partial charge < -0.3 is 9.84 Å². The SMILES string of the molecule is Cc1ccc2c(c1C(=O)O)CCCN2C(=O)OCc1ccccc1. The largest absolute Gasteiger partial charge is 0.478 e. The molecule has 3 rings (SSSR count). The maximum Gasteiger partial charge on any atom is 0.414 e. The van der Waals surface area contributed by atoms with E-state index in [0.29, 0.717) is 35.3 Å². The van der Waals surface area contributed by atoms with Gasteiger partial charge in [-0.1, -0.05) is 36.4 Å². The Labute approximate surface area is 140 Å². The number of hydrogen-bond acceptors (Lipinski definition) is 3. The van der Waals surface area contributed by atoms with Crippen LogP contribution < -0.4 is 4.90 Å². The minimum atomic E-state index is -0.955. The van der Waals surface area contributed by atoms with Crippen LogP contribution in [-0.2, 0) is 17.8 Å². The van der Waals surface area contributed by atoms with E-state index >= 15 is 0 Å². The molecule has 0 bridgehead atoms. The van der Waals surface area contributed by atoms with Gasteiger partial charge in [-0.2, -0.15) is 0 Å². The summed E-state index contributed by atoms with van der Waals surface area (Å²) in [4.78, 5) is 25.5. The molecule has 2 aromatic rings. The molecule has 1 amide bonds. The summed E-state index contributed by atoms with van der Waals surface area (Å²) in [6, 6.07) is 13.0. The predicted molar refractivity (Wildman–Crippen MR) is 90.4 cm³/mol. The van der Waals surface area contributed by atoms with E-state index in [4.69, 9.17) is 4.74 Å². The van der Waals surface area contributed by atoms with Crippen LogP contribution in [0.25, 0.3) is 0 Å². The Morgan fingerprint density at radius 1 is 1.17 bits per heavy atom. The summed E-state index contributed by atoms with van der Waals surface area (Å²) in [6.45, 7) is 2.50. The van der Waals surface area contributed by atoms with Gasteiger partial charge in [0.15, 0.2) is 0 Å². The summed E-state index contributed by atoms with van der Waals surface area (Å²) in [5.74, 6) is -0.955. The van der Waals surface area contributed by atoms with Gasteiger partial charge in [-0.15, -0.1) is 0 Å². The highest BCUT2D eigenvalue weighted by Crippen LogP contribution is 2.32. The Bertz CT molecular complexity index is 770. The van der Waals surface area contributed by atoms with Crippen molar-refractivity contribution in [2.45, 2.75) is 26.4 Å². The zero-order valence-corrected chi connectivity index (χ0v) is 13.5. The lowest BCUT2D eigenvalue weighted by molar-refractivity contribution is 0.0694. The fraction of sp³-hybridized carbons (Fsp3) is 0.263. The number of carboxylic acids is 1. The van der Waals surface area contributed by atoms with Crippen LogP contribution in [0.15, 0.2) is 42.5 Å². The lowest BCUT2D eigenvalue weighted by atomic mass is 9.93. The maximum atomic E-state index is 12.5. The molecule has 0 radical (unpaired) electrons. The number of benzene rings is 2. The molecule has 0 spiro atoms. The van der Waals surface area contributed by atoms with Crippen LogP contribution in [0.1, 0.15) is 33.5 Å². The van der Waals surface area contributed by atoms with Crippen molar-refractivity contribution in [2.75, 3.05) is 11.4 Å². The van der Waals surface area contributed by atoms with E-state index in [1.807, 2.05) is 30.3 Å². The predicted octanol–water partition coefficient (Wildman–Crippen LogP) is 3.78. The minimum Gasteiger partial charge on any atom is -0.478 e. The number of ether oxygens (including phenoxy) is 1. The second-order valence-electron chi connectivity index (χ2n) is 5.86. The molecular weight excluding hydrogens is 306 g/mol. The highest BCUT2D eigenvalue weighted by molar-refractivity contribution is 5.97. The number of rotatable bonds is 3. The number of fused-ring (bicyclic) bond motifs is 1. The van der Waals surface area contributed by atoms with Gasteiger partial charge in [-0.05, 0) is 42.5 Å². The summed E-state index contributed by atoms with van der Waals surface area (Å²) in [6.07, 6.45) is 0.929. The third-order valence-corrected chi connectivity index (χ3v) is 4.24. The van der Waals surface area contributed by atoms with E-state index in [-0.39, 0.29) is 6.61 Å². The molecule has 1 heterocycles. The fourth-order valence-electron chi connectivity index (χ4n) is 3.08. The van der Waals surface area contributed by atoms with Crippen molar-refractivity contribution in [2.24, 2.45) is 0 Å². The smallest absolute Gasteiger partial charge is 0.414 e. The van der Waals surface area contributed by atoms with Crippen LogP contribution in [0.4, 0.5) is 10.5 Å². The number of anilines is 1. The highest BCUT2D eigenvalue weighted by atomic mass is 16.6. The molecule has 0 saturated heterocycles. The summed E-state index contributed by atoms with van der Waals surface area (Å²) >= 11 is 0.